The van der Waals surface area contributed by atoms with Gasteiger partial charge in [-0.2, -0.15) is 0 Å². The van der Waals surface area contributed by atoms with Crippen molar-refractivity contribution in [1.82, 2.24) is 0 Å². The Kier molecular flexibility index (Phi) is 21.4. The zero-order chi connectivity index (χ0) is 53.6. The average Bonchev–Trinajstić information content (AvgIpc) is 3.32. The third kappa shape index (κ3) is 17.8. The van der Waals surface area contributed by atoms with Gasteiger partial charge in [0.25, 0.3) is 0 Å². The van der Waals surface area contributed by atoms with Gasteiger partial charge in [0.05, 0.1) is 54.7 Å². The molecule has 2 aliphatic heterocycles. The maximum absolute atomic E-state index is 14.3. The second-order valence-electron chi connectivity index (χ2n) is 22.7. The van der Waals surface area contributed by atoms with Crippen molar-refractivity contribution in [2.75, 3.05) is 19.8 Å². The van der Waals surface area contributed by atoms with Gasteiger partial charge in [-0.3, -0.25) is 19.2 Å². The molecular formula is C58H80O15. The third-order valence-corrected chi connectivity index (χ3v) is 11.8. The van der Waals surface area contributed by atoms with Gasteiger partial charge >= 0.3 is 23.9 Å². The van der Waals surface area contributed by atoms with Crippen LogP contribution in [-0.4, -0.2) is 105 Å². The molecule has 2 saturated heterocycles. The van der Waals surface area contributed by atoms with Crippen LogP contribution in [-0.2, 0) is 91.1 Å². The summed E-state index contributed by atoms with van der Waals surface area (Å²) in [4.78, 5) is 56.0. The van der Waals surface area contributed by atoms with E-state index in [9.17, 15) is 19.2 Å². The summed E-state index contributed by atoms with van der Waals surface area (Å²) in [5, 5.41) is 0. The highest BCUT2D eigenvalue weighted by atomic mass is 16.8. The Bertz CT molecular complexity index is 2190. The van der Waals surface area contributed by atoms with Gasteiger partial charge in [0.15, 0.2) is 30.9 Å². The number of carbonyl (C=O) groups is 4. The molecule has 0 N–H and O–H groups in total. The first kappa shape index (κ1) is 58.9. The first-order valence-corrected chi connectivity index (χ1v) is 25.3. The number of benzene rings is 3. The van der Waals surface area contributed by atoms with E-state index >= 15 is 0 Å². The first-order chi connectivity index (χ1) is 34.4. The zero-order valence-electron chi connectivity index (χ0n) is 45.0. The lowest BCUT2D eigenvalue weighted by Crippen LogP contribution is -2.67. The molecule has 73 heavy (non-hydrogen) atoms. The fourth-order valence-corrected chi connectivity index (χ4v) is 7.46. The highest BCUT2D eigenvalue weighted by Crippen LogP contribution is 2.38. The molecule has 3 aromatic rings. The number of hydrogen-bond donors (Lipinski definition) is 0. The standard InChI is InChI=1S/C58H80O15/c1-14-15-25-32-64-49-47(66-35-40-30-23-18-24-31-40)45(43(65-34-39-28-21-17-22-29-39)41(68-49)36-63-33-38-26-19-16-20-27-38)70-50-48(73-54(62)58(11,12)13)46(72-53(61)57(8,9)10)44(71-52(60)56(5,6)7)42(69-50)37-67-51(59)55(2,3)4/h14,16-24,26-31,41-50H,1,15,25,32-37H2,2-13H3/t41-,42-,43-,44-,45+,46+,47-,48-,49+,50+/m1/s1. The summed E-state index contributed by atoms with van der Waals surface area (Å²) >= 11 is 0. The minimum absolute atomic E-state index is 0.00211. The number of hydrogen-bond acceptors (Lipinski definition) is 15. The molecule has 0 aromatic heterocycles. The molecule has 2 fully saturated rings. The predicted octanol–water partition coefficient (Wildman–Crippen LogP) is 9.65. The monoisotopic (exact) mass is 1020 g/mol. The second-order valence-corrected chi connectivity index (χ2v) is 22.7. The van der Waals surface area contributed by atoms with Crippen LogP contribution >= 0.6 is 0 Å². The SMILES string of the molecule is C=CCCCO[C@H]1O[C@H](COCc2ccccc2)[C@@H](OCc2ccccc2)[C@H](O[C@@H]2O[C@H](COC(=O)C(C)(C)C)[C@@H](OC(=O)C(C)(C)C)[C@H](OC(=O)C(C)(C)C)[C@H]2OC(=O)C(C)(C)C)[C@H]1OCc1ccccc1. The summed E-state index contributed by atoms with van der Waals surface area (Å²) in [6, 6.07) is 28.8. The summed E-state index contributed by atoms with van der Waals surface area (Å²) in [5.74, 6) is -2.68. The van der Waals surface area contributed by atoms with Crippen LogP contribution in [0.3, 0.4) is 0 Å². The third-order valence-electron chi connectivity index (χ3n) is 11.8. The Balaban J connectivity index is 1.72. The number of carbonyl (C=O) groups excluding carboxylic acids is 4. The topological polar surface area (TPSA) is 170 Å². The van der Waals surface area contributed by atoms with Gasteiger partial charge in [0, 0.05) is 0 Å². The molecule has 3 aromatic carbocycles. The van der Waals surface area contributed by atoms with E-state index in [1.165, 1.54) is 0 Å². The summed E-state index contributed by atoms with van der Waals surface area (Å²) in [7, 11) is 0. The number of unbranched alkanes of at least 4 members (excludes halogenated alkanes) is 1. The van der Waals surface area contributed by atoms with Crippen molar-refractivity contribution in [3.8, 4) is 0 Å². The van der Waals surface area contributed by atoms with Crippen LogP contribution in [0.4, 0.5) is 0 Å². The van der Waals surface area contributed by atoms with Gasteiger partial charge in [-0.15, -0.1) is 6.58 Å². The lowest BCUT2D eigenvalue weighted by atomic mass is 9.92. The van der Waals surface area contributed by atoms with Gasteiger partial charge in [-0.25, -0.2) is 0 Å². The van der Waals surface area contributed by atoms with Crippen LogP contribution < -0.4 is 0 Å². The van der Waals surface area contributed by atoms with Crippen LogP contribution in [0, 0.1) is 21.7 Å². The molecule has 15 nitrogen and oxygen atoms in total. The van der Waals surface area contributed by atoms with Crippen molar-refractivity contribution in [3.05, 3.63) is 120 Å². The van der Waals surface area contributed by atoms with E-state index in [0.29, 0.717) is 12.8 Å². The average molecular weight is 1020 g/mol. The molecular weight excluding hydrogens is 937 g/mol. The second kappa shape index (κ2) is 26.5. The first-order valence-electron chi connectivity index (χ1n) is 25.3. The number of ether oxygens (including phenoxy) is 11. The fourth-order valence-electron chi connectivity index (χ4n) is 7.46. The molecule has 0 radical (unpaired) electrons. The molecule has 0 saturated carbocycles. The molecule has 0 unspecified atom stereocenters. The van der Waals surface area contributed by atoms with Gasteiger partial charge in [-0.05, 0) is 113 Å². The van der Waals surface area contributed by atoms with Crippen LogP contribution in [0.5, 0.6) is 0 Å². The van der Waals surface area contributed by atoms with Gasteiger partial charge in [0.1, 0.15) is 37.1 Å². The van der Waals surface area contributed by atoms with Crippen LogP contribution in [0.25, 0.3) is 0 Å². The Hall–Kier alpha value is -5.00. The molecule has 10 atom stereocenters. The van der Waals surface area contributed by atoms with Crippen molar-refractivity contribution >= 4 is 23.9 Å². The van der Waals surface area contributed by atoms with Gasteiger partial charge < -0.3 is 52.1 Å². The van der Waals surface area contributed by atoms with Crippen molar-refractivity contribution in [2.45, 2.75) is 177 Å². The van der Waals surface area contributed by atoms with E-state index in [0.717, 1.165) is 16.7 Å². The summed E-state index contributed by atoms with van der Waals surface area (Å²) in [6.07, 6.45) is -9.86. The van der Waals surface area contributed by atoms with Crippen molar-refractivity contribution < 1.29 is 71.3 Å². The maximum Gasteiger partial charge on any atom is 0.311 e. The summed E-state index contributed by atoms with van der Waals surface area (Å²) < 4.78 is 72.7. The lowest BCUT2D eigenvalue weighted by Gasteiger charge is -2.50. The molecule has 2 heterocycles. The smallest absolute Gasteiger partial charge is 0.311 e. The molecule has 402 valence electrons. The van der Waals surface area contributed by atoms with E-state index in [4.69, 9.17) is 52.1 Å². The summed E-state index contributed by atoms with van der Waals surface area (Å²) in [5.41, 5.74) is -1.60. The zero-order valence-corrected chi connectivity index (χ0v) is 45.0. The van der Waals surface area contributed by atoms with Gasteiger partial charge in [-0.1, -0.05) is 97.1 Å². The Morgan fingerprint density at radius 3 is 1.38 bits per heavy atom. The molecule has 15 heteroatoms. The molecule has 5 rings (SSSR count). The van der Waals surface area contributed by atoms with Crippen LogP contribution in [0.2, 0.25) is 0 Å². The lowest BCUT2D eigenvalue weighted by molar-refractivity contribution is -0.371. The highest BCUT2D eigenvalue weighted by molar-refractivity contribution is 5.78. The van der Waals surface area contributed by atoms with Crippen molar-refractivity contribution in [2.24, 2.45) is 21.7 Å². The van der Waals surface area contributed by atoms with E-state index in [1.54, 1.807) is 89.2 Å². The van der Waals surface area contributed by atoms with Crippen molar-refractivity contribution in [1.29, 1.82) is 0 Å². The Morgan fingerprint density at radius 2 is 0.904 bits per heavy atom. The van der Waals surface area contributed by atoms with Crippen LogP contribution in [0.1, 0.15) is 113 Å². The van der Waals surface area contributed by atoms with E-state index in [-0.39, 0.29) is 33.0 Å². The minimum Gasteiger partial charge on any atom is -0.462 e. The Morgan fingerprint density at radius 1 is 0.479 bits per heavy atom. The number of rotatable bonds is 22. The maximum atomic E-state index is 14.3. The molecule has 2 aliphatic rings. The normalized spacial score (nSPS) is 24.8. The Labute approximate surface area is 432 Å². The van der Waals surface area contributed by atoms with Crippen LogP contribution in [0.15, 0.2) is 104 Å². The van der Waals surface area contributed by atoms with E-state index in [2.05, 4.69) is 6.58 Å². The van der Waals surface area contributed by atoms with E-state index in [1.807, 2.05) is 91.0 Å². The summed E-state index contributed by atoms with van der Waals surface area (Å²) in [6.45, 7) is 24.2. The van der Waals surface area contributed by atoms with Crippen molar-refractivity contribution in [3.63, 3.8) is 0 Å². The quantitative estimate of drug-likeness (QED) is 0.0403. The fraction of sp³-hybridized carbons (Fsp3) is 0.586. The molecule has 0 aliphatic carbocycles. The highest BCUT2D eigenvalue weighted by Gasteiger charge is 2.58. The minimum atomic E-state index is -1.65. The number of esters is 4. The largest absolute Gasteiger partial charge is 0.462 e. The van der Waals surface area contributed by atoms with Gasteiger partial charge in [0.2, 0.25) is 0 Å². The van der Waals surface area contributed by atoms with E-state index < -0.39 is 114 Å². The molecule has 0 spiro atoms. The predicted molar refractivity (Wildman–Crippen MR) is 272 cm³/mol. The molecule has 0 bridgehead atoms. The molecule has 0 amide bonds. The number of allylic oxidation sites excluding steroid dienone is 1.